The van der Waals surface area contributed by atoms with E-state index in [1.807, 2.05) is 19.1 Å². The largest absolute Gasteiger partial charge is 0.378 e. The third-order valence-electron chi connectivity index (χ3n) is 5.56. The van der Waals surface area contributed by atoms with Gasteiger partial charge in [0.05, 0.1) is 20.3 Å². The van der Waals surface area contributed by atoms with Crippen LogP contribution in [0.15, 0.2) is 48.5 Å². The normalized spacial score (nSPS) is 16.5. The molecule has 1 saturated heterocycles. The van der Waals surface area contributed by atoms with Crippen molar-refractivity contribution in [1.29, 1.82) is 0 Å². The molecular weight excluding hydrogens is 350 g/mol. The number of anilines is 2. The smallest absolute Gasteiger partial charge is 0.282 e. The van der Waals surface area contributed by atoms with Gasteiger partial charge in [-0.05, 0) is 43.2 Å². The van der Waals surface area contributed by atoms with E-state index in [1.54, 1.807) is 0 Å². The van der Waals surface area contributed by atoms with Crippen LogP contribution in [0.2, 0.25) is 0 Å². The van der Waals surface area contributed by atoms with Gasteiger partial charge in [-0.1, -0.05) is 31.2 Å². The first-order valence-corrected chi connectivity index (χ1v) is 10.2. The lowest BCUT2D eigenvalue weighted by molar-refractivity contribution is -0.907. The van der Waals surface area contributed by atoms with E-state index in [0.717, 1.165) is 45.0 Å². The molecule has 1 heterocycles. The predicted molar refractivity (Wildman–Crippen MR) is 114 cm³/mol. The molecule has 1 unspecified atom stereocenters. The van der Waals surface area contributed by atoms with Gasteiger partial charge in [0, 0.05) is 30.0 Å². The molecule has 5 heteroatoms. The second-order valence-corrected chi connectivity index (χ2v) is 7.55. The Hall–Kier alpha value is -2.37. The number of carbonyl (C=O) groups excluding carboxylic acids is 1. The van der Waals surface area contributed by atoms with E-state index in [9.17, 15) is 4.79 Å². The Bertz CT molecular complexity index is 752. The summed E-state index contributed by atoms with van der Waals surface area (Å²) < 4.78 is 5.40. The summed E-state index contributed by atoms with van der Waals surface area (Å²) in [5, 5.41) is 3.05. The average molecular weight is 383 g/mol. The molecule has 2 atom stereocenters. The van der Waals surface area contributed by atoms with E-state index < -0.39 is 0 Å². The van der Waals surface area contributed by atoms with Crippen LogP contribution in [-0.4, -0.2) is 45.3 Å². The number of amides is 1. The molecule has 2 aromatic carbocycles. The second-order valence-electron chi connectivity index (χ2n) is 7.55. The molecule has 2 aromatic rings. The predicted octanol–water partition coefficient (Wildman–Crippen LogP) is 2.13. The Labute approximate surface area is 168 Å². The van der Waals surface area contributed by atoms with Crippen molar-refractivity contribution >= 4 is 17.3 Å². The first kappa shape index (κ1) is 20.4. The molecule has 0 saturated carbocycles. The summed E-state index contributed by atoms with van der Waals surface area (Å²) >= 11 is 0. The minimum absolute atomic E-state index is 0.0433. The van der Waals surface area contributed by atoms with E-state index in [2.05, 4.69) is 60.6 Å². The molecule has 5 nitrogen and oxygen atoms in total. The van der Waals surface area contributed by atoms with Gasteiger partial charge in [-0.15, -0.1) is 0 Å². The van der Waals surface area contributed by atoms with Crippen molar-refractivity contribution in [1.82, 2.24) is 0 Å². The van der Waals surface area contributed by atoms with E-state index in [4.69, 9.17) is 4.74 Å². The lowest BCUT2D eigenvalue weighted by Crippen LogP contribution is -3.12. The number of carbonyl (C=O) groups is 1. The zero-order valence-corrected chi connectivity index (χ0v) is 17.2. The van der Waals surface area contributed by atoms with Crippen LogP contribution >= 0.6 is 0 Å². The maximum atomic E-state index is 12.7. The van der Waals surface area contributed by atoms with Gasteiger partial charge in [0.2, 0.25) is 0 Å². The molecule has 0 aliphatic carbocycles. The molecule has 0 radical (unpaired) electrons. The highest BCUT2D eigenvalue weighted by Gasteiger charge is 2.22. The number of hydrogen-bond acceptors (Lipinski definition) is 3. The van der Waals surface area contributed by atoms with Gasteiger partial charge >= 0.3 is 0 Å². The van der Waals surface area contributed by atoms with Crippen molar-refractivity contribution in [2.24, 2.45) is 0 Å². The third kappa shape index (κ3) is 5.33. The number of ether oxygens (including phenoxy) is 1. The Kier molecular flexibility index (Phi) is 7.06. The van der Waals surface area contributed by atoms with Gasteiger partial charge in [-0.25, -0.2) is 0 Å². The van der Waals surface area contributed by atoms with Crippen molar-refractivity contribution in [2.75, 3.05) is 43.6 Å². The second kappa shape index (κ2) is 9.71. The zero-order chi connectivity index (χ0) is 19.9. The molecule has 1 fully saturated rings. The van der Waals surface area contributed by atoms with Crippen LogP contribution in [0.4, 0.5) is 11.4 Å². The summed E-state index contributed by atoms with van der Waals surface area (Å²) in [5.74, 6) is 0.0433. The van der Waals surface area contributed by atoms with Crippen LogP contribution < -0.4 is 15.1 Å². The Morgan fingerprint density at radius 2 is 1.68 bits per heavy atom. The number of rotatable bonds is 7. The van der Waals surface area contributed by atoms with E-state index in [0.29, 0.717) is 0 Å². The molecular formula is C23H32N3O2+. The molecule has 1 amide bonds. The maximum absolute atomic E-state index is 12.7. The summed E-state index contributed by atoms with van der Waals surface area (Å²) in [6, 6.07) is 16.6. The summed E-state index contributed by atoms with van der Waals surface area (Å²) in [5.41, 5.74) is 4.61. The number of aryl methyl sites for hydroxylation is 1. The Balaban J connectivity index is 1.53. The van der Waals surface area contributed by atoms with Gasteiger partial charge in [0.25, 0.3) is 5.91 Å². The van der Waals surface area contributed by atoms with Gasteiger partial charge in [0.15, 0.2) is 6.04 Å². The van der Waals surface area contributed by atoms with Gasteiger partial charge in [-0.2, -0.15) is 0 Å². The van der Waals surface area contributed by atoms with Crippen LogP contribution in [0.1, 0.15) is 25.0 Å². The first-order chi connectivity index (χ1) is 13.6. The van der Waals surface area contributed by atoms with Crippen molar-refractivity contribution in [3.8, 4) is 0 Å². The van der Waals surface area contributed by atoms with Crippen LogP contribution in [0.25, 0.3) is 0 Å². The highest BCUT2D eigenvalue weighted by molar-refractivity contribution is 5.93. The number of hydrogen-bond donors (Lipinski definition) is 2. The van der Waals surface area contributed by atoms with Crippen LogP contribution in [-0.2, 0) is 22.5 Å². The molecule has 0 aromatic heterocycles. The van der Waals surface area contributed by atoms with Crippen LogP contribution in [0.3, 0.4) is 0 Å². The SMILES string of the molecule is CCc1ccc(C[NH+](C)[C@@H](C)C(=O)Nc2ccc(N3CCOCC3)cc2)cc1. The Morgan fingerprint density at radius 1 is 1.07 bits per heavy atom. The van der Waals surface area contributed by atoms with Gasteiger partial charge < -0.3 is 19.9 Å². The molecule has 3 rings (SSSR count). The number of nitrogens with zero attached hydrogens (tertiary/aromatic N) is 1. The number of likely N-dealkylation sites (N-methyl/N-ethyl adjacent to an activating group) is 1. The molecule has 150 valence electrons. The standard InChI is InChI=1S/C23H31N3O2/c1-4-19-5-7-20(8-6-19)17-25(3)18(2)23(27)24-21-9-11-22(12-10-21)26-13-15-28-16-14-26/h5-12,18H,4,13-17H2,1-3H3,(H,24,27)/p+1/t18-/m0/s1. The molecule has 1 aliphatic heterocycles. The van der Waals surface area contributed by atoms with Crippen LogP contribution in [0, 0.1) is 0 Å². The molecule has 1 aliphatic rings. The fourth-order valence-electron chi connectivity index (χ4n) is 3.42. The van der Waals surface area contributed by atoms with Crippen LogP contribution in [0.5, 0.6) is 0 Å². The lowest BCUT2D eigenvalue weighted by atomic mass is 10.1. The average Bonchev–Trinajstić information content (AvgIpc) is 2.74. The number of benzene rings is 2. The fraction of sp³-hybridized carbons (Fsp3) is 0.435. The maximum Gasteiger partial charge on any atom is 0.282 e. The Morgan fingerprint density at radius 3 is 2.29 bits per heavy atom. The topological polar surface area (TPSA) is 46.0 Å². The molecule has 2 N–H and O–H groups in total. The number of morpholine rings is 1. The van der Waals surface area contributed by atoms with Gasteiger partial charge in [0.1, 0.15) is 6.54 Å². The summed E-state index contributed by atoms with van der Waals surface area (Å²) in [4.78, 5) is 16.2. The molecule has 0 bridgehead atoms. The fourth-order valence-corrected chi connectivity index (χ4v) is 3.42. The van der Waals surface area contributed by atoms with Crippen molar-refractivity contribution in [3.05, 3.63) is 59.7 Å². The number of quaternary nitrogens is 1. The van der Waals surface area contributed by atoms with Gasteiger partial charge in [-0.3, -0.25) is 4.79 Å². The third-order valence-corrected chi connectivity index (χ3v) is 5.56. The highest BCUT2D eigenvalue weighted by Crippen LogP contribution is 2.19. The summed E-state index contributed by atoms with van der Waals surface area (Å²) in [6.07, 6.45) is 1.05. The number of nitrogens with one attached hydrogen (secondary N) is 2. The minimum atomic E-state index is -0.134. The van der Waals surface area contributed by atoms with Crippen molar-refractivity contribution < 1.29 is 14.4 Å². The van der Waals surface area contributed by atoms with E-state index >= 15 is 0 Å². The zero-order valence-electron chi connectivity index (χ0n) is 17.2. The molecule has 28 heavy (non-hydrogen) atoms. The summed E-state index contributed by atoms with van der Waals surface area (Å²) in [6.45, 7) is 8.33. The van der Waals surface area contributed by atoms with Crippen molar-refractivity contribution in [2.45, 2.75) is 32.9 Å². The molecule has 0 spiro atoms. The first-order valence-electron chi connectivity index (χ1n) is 10.2. The minimum Gasteiger partial charge on any atom is -0.378 e. The quantitative estimate of drug-likeness (QED) is 0.771. The monoisotopic (exact) mass is 382 g/mol. The van der Waals surface area contributed by atoms with E-state index in [1.165, 1.54) is 21.7 Å². The summed E-state index contributed by atoms with van der Waals surface area (Å²) in [7, 11) is 2.07. The highest BCUT2D eigenvalue weighted by atomic mass is 16.5. The van der Waals surface area contributed by atoms with Crippen molar-refractivity contribution in [3.63, 3.8) is 0 Å². The lowest BCUT2D eigenvalue weighted by Gasteiger charge is -2.29. The van der Waals surface area contributed by atoms with E-state index in [-0.39, 0.29) is 11.9 Å².